The average molecular weight is 283 g/mol. The molecular formula is C13H17NO6. The molecule has 0 fully saturated rings. The number of carbonyl (C=O) groups excluding carboxylic acids is 2. The van der Waals surface area contributed by atoms with Crippen LogP contribution in [-0.4, -0.2) is 44.0 Å². The Kier molecular flexibility index (Phi) is 5.79. The third kappa shape index (κ3) is 3.86. The Labute approximate surface area is 116 Å². The molecule has 1 rings (SSSR count). The molecule has 0 radical (unpaired) electrons. The summed E-state index contributed by atoms with van der Waals surface area (Å²) in [6.45, 7) is 1.70. The zero-order chi connectivity index (χ0) is 15.1. The fraction of sp³-hybridized carbons (Fsp3) is 0.385. The topological polar surface area (TPSA) is 94.1 Å². The van der Waals surface area contributed by atoms with Crippen LogP contribution in [0.15, 0.2) is 18.2 Å². The highest BCUT2D eigenvalue weighted by molar-refractivity contribution is 5.99. The van der Waals surface area contributed by atoms with Gasteiger partial charge < -0.3 is 24.6 Å². The number of hydrogen-bond acceptors (Lipinski definition) is 6. The highest BCUT2D eigenvalue weighted by Crippen LogP contribution is 2.23. The Morgan fingerprint density at radius 2 is 2.00 bits per heavy atom. The molecule has 1 aromatic rings. The number of methoxy groups -OCH3 is 2. The quantitative estimate of drug-likeness (QED) is 0.576. The van der Waals surface area contributed by atoms with E-state index in [9.17, 15) is 14.7 Å². The maximum absolute atomic E-state index is 12.0. The predicted molar refractivity (Wildman–Crippen MR) is 69.7 cm³/mol. The van der Waals surface area contributed by atoms with E-state index in [0.29, 0.717) is 11.5 Å². The second-order valence-corrected chi connectivity index (χ2v) is 3.69. The normalized spacial score (nSPS) is 11.4. The maximum Gasteiger partial charge on any atom is 0.356 e. The summed E-state index contributed by atoms with van der Waals surface area (Å²) in [5, 5.41) is 11.6. The monoisotopic (exact) mass is 283 g/mol. The lowest BCUT2D eigenvalue weighted by atomic mass is 10.1. The molecule has 0 bridgehead atoms. The second-order valence-electron chi connectivity index (χ2n) is 3.69. The maximum atomic E-state index is 12.0. The van der Waals surface area contributed by atoms with E-state index in [2.05, 4.69) is 10.1 Å². The van der Waals surface area contributed by atoms with Gasteiger partial charge in [0.05, 0.1) is 26.4 Å². The van der Waals surface area contributed by atoms with Crippen LogP contribution in [0.1, 0.15) is 17.3 Å². The van der Waals surface area contributed by atoms with Crippen molar-refractivity contribution in [1.82, 2.24) is 5.32 Å². The zero-order valence-electron chi connectivity index (χ0n) is 11.5. The number of rotatable bonds is 6. The zero-order valence-corrected chi connectivity index (χ0v) is 11.5. The third-order valence-corrected chi connectivity index (χ3v) is 2.43. The third-order valence-electron chi connectivity index (χ3n) is 2.43. The number of nitrogens with one attached hydrogen (secondary N) is 1. The van der Waals surface area contributed by atoms with E-state index in [1.807, 2.05) is 0 Å². The van der Waals surface area contributed by atoms with Crippen molar-refractivity contribution < 1.29 is 28.9 Å². The highest BCUT2D eigenvalue weighted by atomic mass is 16.5. The molecule has 0 aliphatic carbocycles. The molecular weight excluding hydrogens is 266 g/mol. The van der Waals surface area contributed by atoms with Gasteiger partial charge in [-0.05, 0) is 25.1 Å². The minimum Gasteiger partial charge on any atom is -0.497 e. The number of aliphatic hydroxyl groups is 1. The Balaban J connectivity index is 2.88. The van der Waals surface area contributed by atoms with Gasteiger partial charge >= 0.3 is 5.97 Å². The Bertz CT molecular complexity index is 488. The van der Waals surface area contributed by atoms with E-state index in [0.717, 1.165) is 0 Å². The van der Waals surface area contributed by atoms with Crippen LogP contribution in [0.4, 0.5) is 0 Å². The lowest BCUT2D eigenvalue weighted by molar-refractivity contribution is -0.154. The standard InChI is InChI=1S/C13H17NO6/c1-4-20-13(17)12(16)14-11(15)9-7-8(18-2)5-6-10(9)19-3/h5-7,12,16H,4H2,1-3H3,(H,14,15). The minimum atomic E-state index is -1.74. The van der Waals surface area contributed by atoms with Gasteiger partial charge in [0.1, 0.15) is 11.5 Å². The van der Waals surface area contributed by atoms with Gasteiger partial charge in [0, 0.05) is 0 Å². The number of carbonyl (C=O) groups is 2. The Morgan fingerprint density at radius 1 is 1.30 bits per heavy atom. The molecule has 2 N–H and O–H groups in total. The van der Waals surface area contributed by atoms with Gasteiger partial charge in [-0.3, -0.25) is 4.79 Å². The Morgan fingerprint density at radius 3 is 2.55 bits per heavy atom. The lowest BCUT2D eigenvalue weighted by Crippen LogP contribution is -2.41. The van der Waals surface area contributed by atoms with Gasteiger partial charge in [0.2, 0.25) is 6.23 Å². The van der Waals surface area contributed by atoms with Crippen molar-refractivity contribution in [3.05, 3.63) is 23.8 Å². The summed E-state index contributed by atoms with van der Waals surface area (Å²) in [7, 11) is 2.86. The van der Waals surface area contributed by atoms with Crippen molar-refractivity contribution in [2.24, 2.45) is 0 Å². The first kappa shape index (κ1) is 15.8. The molecule has 0 heterocycles. The highest BCUT2D eigenvalue weighted by Gasteiger charge is 2.21. The van der Waals surface area contributed by atoms with Crippen molar-refractivity contribution >= 4 is 11.9 Å². The SMILES string of the molecule is CCOC(=O)C(O)NC(=O)c1cc(OC)ccc1OC. The summed E-state index contributed by atoms with van der Waals surface area (Å²) in [6.07, 6.45) is -1.74. The molecule has 1 amide bonds. The molecule has 0 saturated heterocycles. The van der Waals surface area contributed by atoms with Gasteiger partial charge in [0.15, 0.2) is 0 Å². The summed E-state index contributed by atoms with van der Waals surface area (Å²) in [4.78, 5) is 23.2. The van der Waals surface area contributed by atoms with Crippen LogP contribution in [-0.2, 0) is 9.53 Å². The first-order chi connectivity index (χ1) is 9.53. The molecule has 7 nitrogen and oxygen atoms in total. The summed E-state index contributed by atoms with van der Waals surface area (Å²) in [5.41, 5.74) is 0.134. The van der Waals surface area contributed by atoms with E-state index >= 15 is 0 Å². The number of ether oxygens (including phenoxy) is 3. The van der Waals surface area contributed by atoms with Crippen LogP contribution in [0.3, 0.4) is 0 Å². The van der Waals surface area contributed by atoms with Crippen LogP contribution in [0.2, 0.25) is 0 Å². The number of hydrogen-bond donors (Lipinski definition) is 2. The van der Waals surface area contributed by atoms with Crippen LogP contribution in [0, 0.1) is 0 Å². The number of amides is 1. The molecule has 0 aromatic heterocycles. The number of esters is 1. The summed E-state index contributed by atoms with van der Waals surface area (Å²) in [6, 6.07) is 4.61. The van der Waals surface area contributed by atoms with Crippen molar-refractivity contribution in [2.45, 2.75) is 13.2 Å². The van der Waals surface area contributed by atoms with Gasteiger partial charge in [-0.2, -0.15) is 0 Å². The van der Waals surface area contributed by atoms with Gasteiger partial charge in [0.25, 0.3) is 5.91 Å². The second kappa shape index (κ2) is 7.34. The average Bonchev–Trinajstić information content (AvgIpc) is 2.46. The molecule has 20 heavy (non-hydrogen) atoms. The summed E-state index contributed by atoms with van der Waals surface area (Å²) < 4.78 is 14.6. The van der Waals surface area contributed by atoms with Crippen LogP contribution < -0.4 is 14.8 Å². The van der Waals surface area contributed by atoms with Crippen molar-refractivity contribution in [2.75, 3.05) is 20.8 Å². The van der Waals surface area contributed by atoms with Crippen molar-refractivity contribution in [3.63, 3.8) is 0 Å². The number of benzene rings is 1. The molecule has 7 heteroatoms. The largest absolute Gasteiger partial charge is 0.497 e. The first-order valence-corrected chi connectivity index (χ1v) is 5.91. The van der Waals surface area contributed by atoms with Crippen LogP contribution in [0.5, 0.6) is 11.5 Å². The Hall–Kier alpha value is -2.28. The molecule has 0 saturated carbocycles. The molecule has 0 spiro atoms. The first-order valence-electron chi connectivity index (χ1n) is 5.91. The predicted octanol–water partition coefficient (Wildman–Crippen LogP) is 0.315. The van der Waals surface area contributed by atoms with E-state index in [1.54, 1.807) is 19.1 Å². The molecule has 0 aliphatic rings. The minimum absolute atomic E-state index is 0.105. The fourth-order valence-electron chi connectivity index (χ4n) is 1.47. The van der Waals surface area contributed by atoms with Crippen molar-refractivity contribution in [1.29, 1.82) is 0 Å². The summed E-state index contributed by atoms with van der Waals surface area (Å²) >= 11 is 0. The summed E-state index contributed by atoms with van der Waals surface area (Å²) in [5.74, 6) is -0.870. The van der Waals surface area contributed by atoms with Crippen LogP contribution >= 0.6 is 0 Å². The molecule has 110 valence electrons. The van der Waals surface area contributed by atoms with E-state index < -0.39 is 18.1 Å². The molecule has 0 aliphatic heterocycles. The fourth-order valence-corrected chi connectivity index (χ4v) is 1.47. The van der Waals surface area contributed by atoms with E-state index in [4.69, 9.17) is 9.47 Å². The van der Waals surface area contributed by atoms with Gasteiger partial charge in [-0.15, -0.1) is 0 Å². The smallest absolute Gasteiger partial charge is 0.356 e. The molecule has 1 atom stereocenters. The number of aliphatic hydroxyl groups excluding tert-OH is 1. The van der Waals surface area contributed by atoms with Crippen molar-refractivity contribution in [3.8, 4) is 11.5 Å². The van der Waals surface area contributed by atoms with Gasteiger partial charge in [-0.25, -0.2) is 4.79 Å². The van der Waals surface area contributed by atoms with E-state index in [-0.39, 0.29) is 12.2 Å². The van der Waals surface area contributed by atoms with E-state index in [1.165, 1.54) is 20.3 Å². The molecule has 1 unspecified atom stereocenters. The van der Waals surface area contributed by atoms with Crippen LogP contribution in [0.25, 0.3) is 0 Å². The lowest BCUT2D eigenvalue weighted by Gasteiger charge is -2.14. The molecule has 1 aromatic carbocycles. The van der Waals surface area contributed by atoms with Gasteiger partial charge in [-0.1, -0.05) is 0 Å².